The van der Waals surface area contributed by atoms with Crippen LogP contribution in [0.25, 0.3) is 22.4 Å². The Balaban J connectivity index is 0.946. The van der Waals surface area contributed by atoms with E-state index in [1.54, 1.807) is 31.2 Å². The molecule has 2 N–H and O–H groups in total. The largest absolute Gasteiger partial charge is 0.501 e. The van der Waals surface area contributed by atoms with Gasteiger partial charge in [0, 0.05) is 108 Å². The number of likely N-dealkylation sites (tertiary alicyclic amines) is 1. The summed E-state index contributed by atoms with van der Waals surface area (Å²) >= 11 is 7.77. The molecular weight excluding hydrogens is 1120 g/mol. The average Bonchev–Trinajstić information content (AvgIpc) is 3.84. The van der Waals surface area contributed by atoms with Crippen LogP contribution >= 0.6 is 30.9 Å². The van der Waals surface area contributed by atoms with E-state index in [1.807, 2.05) is 79.1 Å². The first-order valence-corrected chi connectivity index (χ1v) is 32.7. The molecule has 3 fully saturated rings. The zero-order valence-electron chi connectivity index (χ0n) is 44.5. The molecular formula is C57H66ClF4N6O7PS3. The van der Waals surface area contributed by atoms with E-state index in [0.29, 0.717) is 90.2 Å². The molecule has 0 saturated carbocycles. The van der Waals surface area contributed by atoms with Gasteiger partial charge in [-0.05, 0) is 162 Å². The van der Waals surface area contributed by atoms with Crippen molar-refractivity contribution in [3.8, 4) is 22.4 Å². The number of aliphatic hydroxyl groups is 1. The van der Waals surface area contributed by atoms with Gasteiger partial charge in [0.1, 0.15) is 10.7 Å². The summed E-state index contributed by atoms with van der Waals surface area (Å²) in [6, 6.07) is 31.4. The third kappa shape index (κ3) is 12.9. The Hall–Kier alpha value is -5.05. The fourth-order valence-electron chi connectivity index (χ4n) is 11.0. The van der Waals surface area contributed by atoms with E-state index in [2.05, 4.69) is 20.0 Å². The first-order chi connectivity index (χ1) is 37.5. The number of thioether (sulfide) groups is 1. The van der Waals surface area contributed by atoms with Crippen molar-refractivity contribution >= 4 is 78.6 Å². The standard InChI is InChI=1S/C57H66ClF4N6O7PS3/c1-39(2)68-40(3)56(78(4,71)72)54(55(68)42-11-13-44(58)14-12-42)43-33-45(59)35-49(34-43)66-30-28-65(29-31-66)47-15-17-48(18-16-47)67-24-8-32-75-76(67,70)50-19-20-52(53(36-50)79(73,74)57(60,61)62)63-46(38-77-51-9-6-5-7-10-51)23-27-64-25-21-41(37-69)22-26-64/h5-7,9-20,33-36,39,41,46,63,69H,8,21-32,37-38H2,1-4H3/t46-,76-/m1/s1. The maximum Gasteiger partial charge on any atom is 0.501 e. The quantitative estimate of drug-likeness (QED) is 0.0479. The van der Waals surface area contributed by atoms with Gasteiger partial charge in [0.05, 0.1) is 28.2 Å². The highest BCUT2D eigenvalue weighted by atomic mass is 35.5. The Bertz CT molecular complexity index is 3400. The fraction of sp³-hybridized carbons (Fsp3) is 0.404. The lowest BCUT2D eigenvalue weighted by Crippen LogP contribution is -2.46. The minimum Gasteiger partial charge on any atom is -0.396 e. The number of hydrogen-bond donors (Lipinski definition) is 2. The highest BCUT2D eigenvalue weighted by Crippen LogP contribution is 2.55. The van der Waals surface area contributed by atoms with E-state index >= 15 is 8.96 Å². The second kappa shape index (κ2) is 24.2. The van der Waals surface area contributed by atoms with Crippen molar-refractivity contribution in [2.45, 2.75) is 78.7 Å². The zero-order chi connectivity index (χ0) is 56.4. The molecule has 13 nitrogen and oxygen atoms in total. The molecule has 5 aromatic carbocycles. The number of aliphatic hydroxyl groups excluding tert-OH is 1. The van der Waals surface area contributed by atoms with Crippen LogP contribution in [0.3, 0.4) is 0 Å². The number of rotatable bonds is 18. The number of hydrogen-bond acceptors (Lipinski definition) is 12. The summed E-state index contributed by atoms with van der Waals surface area (Å²) < 4.78 is 139. The third-order valence-corrected chi connectivity index (χ3v) is 21.7. The third-order valence-electron chi connectivity index (χ3n) is 15.0. The molecule has 2 atom stereocenters. The number of piperazine rings is 1. The Kier molecular flexibility index (Phi) is 17.9. The van der Waals surface area contributed by atoms with Crippen LogP contribution in [0.5, 0.6) is 0 Å². The number of halogens is 5. The maximum absolute atomic E-state index is 15.9. The van der Waals surface area contributed by atoms with Crippen LogP contribution in [0.15, 0.2) is 130 Å². The summed E-state index contributed by atoms with van der Waals surface area (Å²) in [4.78, 5) is 6.48. The molecule has 6 aromatic rings. The number of sulfone groups is 2. The van der Waals surface area contributed by atoms with Crippen molar-refractivity contribution < 1.29 is 48.6 Å². The molecule has 3 saturated heterocycles. The van der Waals surface area contributed by atoms with Crippen LogP contribution in [-0.4, -0.2) is 121 Å². The van der Waals surface area contributed by atoms with Crippen LogP contribution in [0, 0.1) is 18.7 Å². The number of benzene rings is 5. The van der Waals surface area contributed by atoms with E-state index in [9.17, 15) is 35.1 Å². The molecule has 0 bridgehead atoms. The van der Waals surface area contributed by atoms with Crippen LogP contribution < -0.4 is 25.1 Å². The van der Waals surface area contributed by atoms with Gasteiger partial charge in [0.25, 0.3) is 9.84 Å². The van der Waals surface area contributed by atoms with Gasteiger partial charge in [-0.1, -0.05) is 41.9 Å². The molecule has 4 heterocycles. The van der Waals surface area contributed by atoms with Gasteiger partial charge < -0.3 is 34.2 Å². The number of alkyl halides is 3. The number of nitrogens with one attached hydrogen (secondary N) is 1. The van der Waals surface area contributed by atoms with Crippen molar-refractivity contribution in [3.05, 3.63) is 132 Å². The predicted octanol–water partition coefficient (Wildman–Crippen LogP) is 11.9. The molecule has 0 unspecified atom stereocenters. The minimum atomic E-state index is -5.97. The summed E-state index contributed by atoms with van der Waals surface area (Å²) in [5, 5.41) is 13.1. The molecule has 0 aliphatic carbocycles. The van der Waals surface area contributed by atoms with Crippen LogP contribution in [0.4, 0.5) is 40.3 Å². The van der Waals surface area contributed by atoms with E-state index in [-0.39, 0.29) is 47.6 Å². The van der Waals surface area contributed by atoms with Crippen LogP contribution in [0.2, 0.25) is 5.02 Å². The van der Waals surface area contributed by atoms with Gasteiger partial charge in [-0.3, -0.25) is 9.24 Å². The summed E-state index contributed by atoms with van der Waals surface area (Å²) in [5.41, 5.74) is -1.28. The van der Waals surface area contributed by atoms with Crippen molar-refractivity contribution in [1.29, 1.82) is 0 Å². The number of piperidine rings is 1. The smallest absolute Gasteiger partial charge is 0.396 e. The Labute approximate surface area is 470 Å². The highest BCUT2D eigenvalue weighted by molar-refractivity contribution is 7.99. The Morgan fingerprint density at radius 1 is 0.810 bits per heavy atom. The van der Waals surface area contributed by atoms with E-state index in [0.717, 1.165) is 48.1 Å². The van der Waals surface area contributed by atoms with Gasteiger partial charge in [0.15, 0.2) is 9.84 Å². The summed E-state index contributed by atoms with van der Waals surface area (Å²) in [5.74, 6) is 0.117. The van der Waals surface area contributed by atoms with Gasteiger partial charge in [0.2, 0.25) is 0 Å². The van der Waals surface area contributed by atoms with Crippen molar-refractivity contribution in [1.82, 2.24) is 9.47 Å². The van der Waals surface area contributed by atoms with Crippen LogP contribution in [0.1, 0.15) is 51.3 Å². The molecule has 79 heavy (non-hydrogen) atoms. The molecule has 9 rings (SSSR count). The van der Waals surface area contributed by atoms with Crippen molar-refractivity contribution in [3.63, 3.8) is 0 Å². The van der Waals surface area contributed by atoms with Gasteiger partial charge in [-0.2, -0.15) is 13.2 Å². The summed E-state index contributed by atoms with van der Waals surface area (Å²) in [7, 11) is -14.0. The second-order valence-corrected chi connectivity index (χ2v) is 28.4. The average molecular weight is 1190 g/mol. The molecule has 3 aliphatic rings. The van der Waals surface area contributed by atoms with Crippen molar-refractivity contribution in [2.24, 2.45) is 5.92 Å². The lowest BCUT2D eigenvalue weighted by Gasteiger charge is -2.39. The van der Waals surface area contributed by atoms with Gasteiger partial charge >= 0.3 is 13.0 Å². The van der Waals surface area contributed by atoms with Crippen molar-refractivity contribution in [2.75, 3.05) is 97.4 Å². The number of aromatic nitrogens is 1. The minimum absolute atomic E-state index is 0.0331. The fourth-order valence-corrected chi connectivity index (χ4v) is 16.7. The zero-order valence-corrected chi connectivity index (χ0v) is 48.6. The summed E-state index contributed by atoms with van der Waals surface area (Å²) in [6.07, 6.45) is 3.76. The lowest BCUT2D eigenvalue weighted by molar-refractivity contribution is -0.0435. The Morgan fingerprint density at radius 3 is 2.08 bits per heavy atom. The van der Waals surface area contributed by atoms with E-state index < -0.39 is 49.5 Å². The first-order valence-electron chi connectivity index (χ1n) is 26.4. The second-order valence-electron chi connectivity index (χ2n) is 20.8. The maximum atomic E-state index is 15.9. The van der Waals surface area contributed by atoms with Crippen LogP contribution in [-0.2, 0) is 28.8 Å². The van der Waals surface area contributed by atoms with E-state index in [4.69, 9.17) is 16.1 Å². The SMILES string of the molecule is Cc1c(S(C)(=O)=O)c(-c2cc(F)cc(N3CCN(c4ccc(N5CCCO[P@]5(=O)c5ccc(N[C@H](CCN6CCC(CO)CC6)CSc6ccccc6)c(S(=O)(=O)C(F)(F)F)c5)cc4)CC3)c2)c(-c2ccc(Cl)cc2)n1C(C)C. The molecule has 0 spiro atoms. The topological polar surface area (TPSA) is 145 Å². The van der Waals surface area contributed by atoms with Gasteiger partial charge in [-0.25, -0.2) is 21.2 Å². The number of anilines is 4. The van der Waals surface area contributed by atoms with E-state index in [1.165, 1.54) is 47.0 Å². The normalized spacial score (nSPS) is 18.6. The molecule has 3 aliphatic heterocycles. The predicted molar refractivity (Wildman–Crippen MR) is 310 cm³/mol. The Morgan fingerprint density at radius 2 is 1.46 bits per heavy atom. The highest BCUT2D eigenvalue weighted by Gasteiger charge is 2.49. The molecule has 0 amide bonds. The first kappa shape index (κ1) is 58.6. The monoisotopic (exact) mass is 1180 g/mol. The lowest BCUT2D eigenvalue weighted by atomic mass is 9.97. The molecule has 1 aromatic heterocycles. The summed E-state index contributed by atoms with van der Waals surface area (Å²) in [6.45, 7) is 10.2. The molecule has 22 heteroatoms. The number of nitrogens with zero attached hydrogens (tertiary/aromatic N) is 5. The molecule has 424 valence electrons. The molecule has 0 radical (unpaired) electrons. The van der Waals surface area contributed by atoms with Gasteiger partial charge in [-0.15, -0.1) is 11.8 Å².